The number of amides is 1. The molecule has 0 saturated heterocycles. The Hall–Kier alpha value is -1.42. The van der Waals surface area contributed by atoms with Crippen LogP contribution >= 0.6 is 0 Å². The van der Waals surface area contributed by atoms with Crippen molar-refractivity contribution in [1.82, 2.24) is 5.32 Å². The molecule has 0 aliphatic heterocycles. The van der Waals surface area contributed by atoms with E-state index in [-0.39, 0.29) is 29.7 Å². The first-order valence-corrected chi connectivity index (χ1v) is 7.18. The first-order chi connectivity index (χ1) is 9.54. The van der Waals surface area contributed by atoms with Gasteiger partial charge in [-0.25, -0.2) is 4.39 Å². The van der Waals surface area contributed by atoms with Crippen molar-refractivity contribution in [2.75, 3.05) is 13.2 Å². The van der Waals surface area contributed by atoms with E-state index in [2.05, 4.69) is 5.32 Å². The molecule has 1 aliphatic carbocycles. The molecule has 2 N–H and O–H groups in total. The average molecular weight is 279 g/mol. The summed E-state index contributed by atoms with van der Waals surface area (Å²) in [6, 6.07) is 6.49. The molecule has 110 valence electrons. The lowest BCUT2D eigenvalue weighted by Crippen LogP contribution is -2.35. The first-order valence-electron chi connectivity index (χ1n) is 7.18. The molecule has 3 nitrogen and oxygen atoms in total. The molecule has 1 aromatic rings. The van der Waals surface area contributed by atoms with Crippen molar-refractivity contribution < 1.29 is 14.3 Å². The number of nitrogens with one attached hydrogen (secondary N) is 1. The van der Waals surface area contributed by atoms with E-state index >= 15 is 0 Å². The van der Waals surface area contributed by atoms with Crippen LogP contribution in [0.1, 0.15) is 31.7 Å². The number of carbonyl (C=O) groups is 1. The van der Waals surface area contributed by atoms with Crippen LogP contribution in [0.4, 0.5) is 4.39 Å². The summed E-state index contributed by atoms with van der Waals surface area (Å²) in [6.45, 7) is 2.59. The van der Waals surface area contributed by atoms with Crippen molar-refractivity contribution in [3.8, 4) is 0 Å². The fraction of sp³-hybridized carbons (Fsp3) is 0.562. The van der Waals surface area contributed by atoms with Crippen LogP contribution in [-0.2, 0) is 11.2 Å². The lowest BCUT2D eigenvalue weighted by atomic mass is 10.00. The van der Waals surface area contributed by atoms with E-state index in [4.69, 9.17) is 0 Å². The molecular formula is C16H22FNO2. The summed E-state index contributed by atoms with van der Waals surface area (Å²) >= 11 is 0. The average Bonchev–Trinajstić information content (AvgIpc) is 3.23. The Balaban J connectivity index is 1.73. The van der Waals surface area contributed by atoms with Gasteiger partial charge in [0.1, 0.15) is 5.82 Å². The number of benzene rings is 1. The Morgan fingerprint density at radius 3 is 2.85 bits per heavy atom. The summed E-state index contributed by atoms with van der Waals surface area (Å²) in [7, 11) is 0. The molecule has 0 spiro atoms. The second-order valence-electron chi connectivity index (χ2n) is 5.95. The van der Waals surface area contributed by atoms with Crippen molar-refractivity contribution in [2.45, 2.75) is 32.6 Å². The SMILES string of the molecule is CC(CCc1cccc(F)c1)C(=O)NCC1(CO)CC1. The van der Waals surface area contributed by atoms with E-state index in [0.717, 1.165) is 18.4 Å². The van der Waals surface area contributed by atoms with E-state index in [0.29, 0.717) is 19.4 Å². The third-order valence-corrected chi connectivity index (χ3v) is 4.13. The number of hydrogen-bond donors (Lipinski definition) is 2. The van der Waals surface area contributed by atoms with Crippen LogP contribution in [0.5, 0.6) is 0 Å². The van der Waals surface area contributed by atoms with Crippen LogP contribution in [-0.4, -0.2) is 24.2 Å². The number of rotatable bonds is 7. The van der Waals surface area contributed by atoms with Crippen molar-refractivity contribution in [3.05, 3.63) is 35.6 Å². The second kappa shape index (κ2) is 6.35. The maximum atomic E-state index is 13.0. The number of carbonyl (C=O) groups excluding carboxylic acids is 1. The summed E-state index contributed by atoms with van der Waals surface area (Å²) in [4.78, 5) is 12.0. The minimum atomic E-state index is -0.238. The zero-order valence-corrected chi connectivity index (χ0v) is 11.9. The highest BCUT2D eigenvalue weighted by atomic mass is 19.1. The van der Waals surface area contributed by atoms with Crippen LogP contribution in [0.25, 0.3) is 0 Å². The van der Waals surface area contributed by atoms with Crippen LogP contribution in [0.2, 0.25) is 0 Å². The lowest BCUT2D eigenvalue weighted by molar-refractivity contribution is -0.125. The Labute approximate surface area is 119 Å². The number of hydrogen-bond acceptors (Lipinski definition) is 2. The van der Waals surface area contributed by atoms with Gasteiger partial charge >= 0.3 is 0 Å². The summed E-state index contributed by atoms with van der Waals surface area (Å²) in [5.41, 5.74) is 0.858. The minimum Gasteiger partial charge on any atom is -0.396 e. The van der Waals surface area contributed by atoms with Gasteiger partial charge in [0.05, 0.1) is 6.61 Å². The third kappa shape index (κ3) is 4.04. The van der Waals surface area contributed by atoms with E-state index in [1.807, 2.05) is 13.0 Å². The van der Waals surface area contributed by atoms with Crippen LogP contribution in [0, 0.1) is 17.2 Å². The molecule has 0 aromatic heterocycles. The molecular weight excluding hydrogens is 257 g/mol. The van der Waals surface area contributed by atoms with Gasteiger partial charge < -0.3 is 10.4 Å². The van der Waals surface area contributed by atoms with Crippen LogP contribution in [0.3, 0.4) is 0 Å². The van der Waals surface area contributed by atoms with Crippen molar-refractivity contribution in [1.29, 1.82) is 0 Å². The van der Waals surface area contributed by atoms with Gasteiger partial charge in [0.2, 0.25) is 5.91 Å². The topological polar surface area (TPSA) is 49.3 Å². The first kappa shape index (κ1) is 15.0. The molecule has 2 rings (SSSR count). The zero-order chi connectivity index (χ0) is 14.6. The fourth-order valence-corrected chi connectivity index (χ4v) is 2.22. The lowest BCUT2D eigenvalue weighted by Gasteiger charge is -2.16. The highest BCUT2D eigenvalue weighted by molar-refractivity contribution is 5.78. The maximum absolute atomic E-state index is 13.0. The van der Waals surface area contributed by atoms with Gasteiger partial charge in [0.15, 0.2) is 0 Å². The minimum absolute atomic E-state index is 0.0149. The van der Waals surface area contributed by atoms with Gasteiger partial charge in [-0.1, -0.05) is 19.1 Å². The fourth-order valence-electron chi connectivity index (χ4n) is 2.22. The summed E-state index contributed by atoms with van der Waals surface area (Å²) in [6.07, 6.45) is 3.36. The largest absolute Gasteiger partial charge is 0.396 e. The van der Waals surface area contributed by atoms with Crippen molar-refractivity contribution in [2.24, 2.45) is 11.3 Å². The summed E-state index contributed by atoms with van der Waals surface area (Å²) in [5, 5.41) is 12.1. The quantitative estimate of drug-likeness (QED) is 0.804. The van der Waals surface area contributed by atoms with E-state index in [9.17, 15) is 14.3 Å². The highest BCUT2D eigenvalue weighted by Crippen LogP contribution is 2.44. The van der Waals surface area contributed by atoms with E-state index < -0.39 is 0 Å². The monoisotopic (exact) mass is 279 g/mol. The Kier molecular flexibility index (Phi) is 4.76. The summed E-state index contributed by atoms with van der Waals surface area (Å²) < 4.78 is 13.0. The van der Waals surface area contributed by atoms with Gasteiger partial charge in [0, 0.05) is 17.9 Å². The van der Waals surface area contributed by atoms with Crippen molar-refractivity contribution in [3.63, 3.8) is 0 Å². The molecule has 0 heterocycles. The zero-order valence-electron chi connectivity index (χ0n) is 11.9. The second-order valence-corrected chi connectivity index (χ2v) is 5.95. The predicted octanol–water partition coefficient (Wildman–Crippen LogP) is 2.28. The number of halogens is 1. The molecule has 20 heavy (non-hydrogen) atoms. The molecule has 1 atom stereocenters. The predicted molar refractivity (Wildman–Crippen MR) is 75.6 cm³/mol. The summed E-state index contributed by atoms with van der Waals surface area (Å²) in [5.74, 6) is -0.327. The van der Waals surface area contributed by atoms with E-state index in [1.54, 1.807) is 6.07 Å². The maximum Gasteiger partial charge on any atom is 0.222 e. The molecule has 4 heteroatoms. The smallest absolute Gasteiger partial charge is 0.222 e. The third-order valence-electron chi connectivity index (χ3n) is 4.13. The number of aliphatic hydroxyl groups excluding tert-OH is 1. The van der Waals surface area contributed by atoms with Gasteiger partial charge in [0.25, 0.3) is 0 Å². The number of aryl methyl sites for hydroxylation is 1. The molecule has 0 bridgehead atoms. The van der Waals surface area contributed by atoms with E-state index in [1.165, 1.54) is 12.1 Å². The molecule has 1 amide bonds. The normalized spacial score (nSPS) is 17.6. The van der Waals surface area contributed by atoms with Crippen molar-refractivity contribution >= 4 is 5.91 Å². The van der Waals surface area contributed by atoms with Gasteiger partial charge in [-0.3, -0.25) is 4.79 Å². The number of aliphatic hydroxyl groups is 1. The van der Waals surface area contributed by atoms with Crippen LogP contribution in [0.15, 0.2) is 24.3 Å². The van der Waals surface area contributed by atoms with Gasteiger partial charge in [-0.15, -0.1) is 0 Å². The molecule has 0 radical (unpaired) electrons. The highest BCUT2D eigenvalue weighted by Gasteiger charge is 2.42. The Morgan fingerprint density at radius 2 is 2.25 bits per heavy atom. The van der Waals surface area contributed by atoms with Gasteiger partial charge in [-0.2, -0.15) is 0 Å². The Bertz CT molecular complexity index is 471. The molecule has 1 fully saturated rings. The molecule has 1 aromatic carbocycles. The standard InChI is InChI=1S/C16H22FNO2/c1-12(5-6-13-3-2-4-14(17)9-13)15(20)18-10-16(11-19)7-8-16/h2-4,9,12,19H,5-8,10-11H2,1H3,(H,18,20). The molecule has 1 aliphatic rings. The van der Waals surface area contributed by atoms with Gasteiger partial charge in [-0.05, 0) is 43.4 Å². The van der Waals surface area contributed by atoms with Crippen LogP contribution < -0.4 is 5.32 Å². The molecule has 1 unspecified atom stereocenters. The molecule has 1 saturated carbocycles. The Morgan fingerprint density at radius 1 is 1.50 bits per heavy atom.